The number of nitrogens with two attached hydrogens (primary N) is 1. The minimum absolute atomic E-state index is 0.173. The van der Waals surface area contributed by atoms with Crippen molar-refractivity contribution >= 4 is 41.2 Å². The van der Waals surface area contributed by atoms with Crippen molar-refractivity contribution in [3.63, 3.8) is 0 Å². The average Bonchev–Trinajstić information content (AvgIpc) is 3.41. The van der Waals surface area contributed by atoms with Crippen molar-refractivity contribution in [3.8, 4) is 5.75 Å². The number of nitrogens with zero attached hydrogens (tertiary/aromatic N) is 1. The number of pyridine rings is 1. The van der Waals surface area contributed by atoms with Gasteiger partial charge in [-0.15, -0.1) is 0 Å². The third kappa shape index (κ3) is 13.8. The van der Waals surface area contributed by atoms with Gasteiger partial charge in [-0.1, -0.05) is 23.7 Å². The molecular weight excluding hydrogens is 656 g/mol. The van der Waals surface area contributed by atoms with E-state index in [0.29, 0.717) is 35.5 Å². The van der Waals surface area contributed by atoms with E-state index in [4.69, 9.17) is 41.9 Å². The van der Waals surface area contributed by atoms with Gasteiger partial charge in [0.05, 0.1) is 18.2 Å². The lowest BCUT2D eigenvalue weighted by molar-refractivity contribution is -0.193. The molecule has 1 fully saturated rings. The highest BCUT2D eigenvalue weighted by molar-refractivity contribution is 6.32. The standard InChI is InChI=1S/C23H30ClN5O3.2C2HF3O2/c1-13-17(5-7-21(25)28-13)12-27-22(30)14(2)29-23(31)19-10-16(11-26-19)8-15-4-6-20(32-3)18(24)9-15;2*3-2(4,5)1(6)7/h4-7,9,14,16,19,26H,8,10-12H2,1-3H3,(H2,25,28)(H,27,30)(H,29,31);2*(H,6,7)/t14-,16-,19+;;/m0../s1. The number of nitrogen functional groups attached to an aromatic ring is 1. The predicted octanol–water partition coefficient (Wildman–Crippen LogP) is 3.24. The molecule has 2 amide bonds. The number of benzene rings is 1. The van der Waals surface area contributed by atoms with E-state index in [-0.39, 0.29) is 17.9 Å². The van der Waals surface area contributed by atoms with Gasteiger partial charge in [0.25, 0.3) is 0 Å². The topological polar surface area (TPSA) is 193 Å². The molecular formula is C27H32ClF6N5O7. The minimum atomic E-state index is -5.08. The van der Waals surface area contributed by atoms with Gasteiger partial charge in [-0.3, -0.25) is 9.59 Å². The van der Waals surface area contributed by atoms with E-state index in [2.05, 4.69) is 20.9 Å². The number of aliphatic carboxylic acids is 2. The Morgan fingerprint density at radius 1 is 1.09 bits per heavy atom. The van der Waals surface area contributed by atoms with E-state index in [9.17, 15) is 35.9 Å². The Morgan fingerprint density at radius 2 is 1.65 bits per heavy atom. The molecule has 3 rings (SSSR count). The number of hydrogen-bond acceptors (Lipinski definition) is 8. The number of hydrogen-bond donors (Lipinski definition) is 6. The quantitative estimate of drug-likeness (QED) is 0.225. The lowest BCUT2D eigenvalue weighted by atomic mass is 9.96. The maximum atomic E-state index is 12.6. The first-order chi connectivity index (χ1) is 21.1. The molecule has 7 N–H and O–H groups in total. The van der Waals surface area contributed by atoms with Crippen LogP contribution >= 0.6 is 11.6 Å². The SMILES string of the molecule is COc1ccc(C[C@@H]2CN[C@@H](C(=O)N[C@@H](C)C(=O)NCc3ccc(N)nc3C)C2)cc1Cl.O=C(O)C(F)(F)F.O=C(O)C(F)(F)F. The van der Waals surface area contributed by atoms with Gasteiger partial charge < -0.3 is 36.6 Å². The number of alkyl halides is 6. The average molecular weight is 688 g/mol. The first-order valence-corrected chi connectivity index (χ1v) is 13.5. The third-order valence-corrected chi connectivity index (χ3v) is 6.48. The van der Waals surface area contributed by atoms with Crippen LogP contribution in [-0.4, -0.2) is 77.0 Å². The summed E-state index contributed by atoms with van der Waals surface area (Å²) in [5, 5.41) is 23.7. The number of aryl methyl sites for hydroxylation is 1. The van der Waals surface area contributed by atoms with Crippen LogP contribution in [0.15, 0.2) is 30.3 Å². The van der Waals surface area contributed by atoms with Crippen LogP contribution in [0, 0.1) is 12.8 Å². The number of amides is 2. The van der Waals surface area contributed by atoms with Crippen LogP contribution in [-0.2, 0) is 32.1 Å². The molecule has 1 saturated heterocycles. The number of halogens is 7. The summed E-state index contributed by atoms with van der Waals surface area (Å²) in [7, 11) is 1.59. The van der Waals surface area contributed by atoms with Gasteiger partial charge in [-0.2, -0.15) is 26.3 Å². The molecule has 2 aromatic rings. The van der Waals surface area contributed by atoms with Gasteiger partial charge in [-0.05, 0) is 68.5 Å². The Balaban J connectivity index is 0.000000629. The number of methoxy groups -OCH3 is 1. The summed E-state index contributed by atoms with van der Waals surface area (Å²) >= 11 is 6.21. The molecule has 2 heterocycles. The van der Waals surface area contributed by atoms with Crippen LogP contribution in [0.4, 0.5) is 32.2 Å². The molecule has 46 heavy (non-hydrogen) atoms. The molecule has 1 aliphatic rings. The summed E-state index contributed by atoms with van der Waals surface area (Å²) in [6.07, 6.45) is -8.66. The summed E-state index contributed by atoms with van der Waals surface area (Å²) in [5.74, 6) is -4.55. The zero-order chi connectivity index (χ0) is 35.4. The van der Waals surface area contributed by atoms with Gasteiger partial charge in [0.2, 0.25) is 11.8 Å². The highest BCUT2D eigenvalue weighted by Gasteiger charge is 2.39. The van der Waals surface area contributed by atoms with Crippen LogP contribution in [0.3, 0.4) is 0 Å². The normalized spacial score (nSPS) is 16.5. The minimum Gasteiger partial charge on any atom is -0.495 e. The lowest BCUT2D eigenvalue weighted by Crippen LogP contribution is -2.50. The molecule has 3 atom stereocenters. The van der Waals surface area contributed by atoms with Gasteiger partial charge in [0, 0.05) is 12.2 Å². The fourth-order valence-electron chi connectivity index (χ4n) is 3.85. The van der Waals surface area contributed by atoms with Gasteiger partial charge in [0.1, 0.15) is 17.6 Å². The number of carboxylic acids is 2. The highest BCUT2D eigenvalue weighted by Crippen LogP contribution is 2.27. The Bertz CT molecular complexity index is 1350. The Kier molecular flexibility index (Phi) is 15.0. The molecule has 0 aliphatic carbocycles. The number of carbonyl (C=O) groups is 4. The van der Waals surface area contributed by atoms with E-state index in [1.807, 2.05) is 31.2 Å². The number of aromatic nitrogens is 1. The van der Waals surface area contributed by atoms with E-state index in [0.717, 1.165) is 29.8 Å². The van der Waals surface area contributed by atoms with Crippen LogP contribution in [0.1, 0.15) is 30.2 Å². The monoisotopic (exact) mass is 687 g/mol. The van der Waals surface area contributed by atoms with Crippen molar-refractivity contribution < 1.29 is 60.5 Å². The van der Waals surface area contributed by atoms with Crippen molar-refractivity contribution in [1.29, 1.82) is 0 Å². The van der Waals surface area contributed by atoms with Crippen molar-refractivity contribution in [1.82, 2.24) is 20.9 Å². The number of carboxylic acid groups (broad SMARTS) is 2. The van der Waals surface area contributed by atoms with Crippen LogP contribution in [0.2, 0.25) is 5.02 Å². The van der Waals surface area contributed by atoms with Crippen LogP contribution in [0.5, 0.6) is 5.75 Å². The first-order valence-electron chi connectivity index (χ1n) is 13.1. The van der Waals surface area contributed by atoms with Gasteiger partial charge in [-0.25, -0.2) is 14.6 Å². The molecule has 1 aliphatic heterocycles. The van der Waals surface area contributed by atoms with E-state index < -0.39 is 30.3 Å². The molecule has 1 aromatic carbocycles. The second-order valence-electron chi connectivity index (χ2n) is 9.77. The number of rotatable bonds is 8. The van der Waals surface area contributed by atoms with Gasteiger partial charge in [0.15, 0.2) is 0 Å². The fourth-order valence-corrected chi connectivity index (χ4v) is 4.13. The largest absolute Gasteiger partial charge is 0.495 e. The van der Waals surface area contributed by atoms with E-state index in [1.165, 1.54) is 0 Å². The summed E-state index contributed by atoms with van der Waals surface area (Å²) in [4.78, 5) is 47.0. The van der Waals surface area contributed by atoms with E-state index >= 15 is 0 Å². The van der Waals surface area contributed by atoms with Crippen molar-refractivity contribution in [2.75, 3.05) is 19.4 Å². The Hall–Kier alpha value is -4.32. The third-order valence-electron chi connectivity index (χ3n) is 6.19. The van der Waals surface area contributed by atoms with Crippen LogP contribution < -0.4 is 26.4 Å². The number of ether oxygens (including phenoxy) is 1. The molecule has 12 nitrogen and oxygen atoms in total. The van der Waals surface area contributed by atoms with E-state index in [1.54, 1.807) is 20.1 Å². The number of anilines is 1. The van der Waals surface area contributed by atoms with Crippen molar-refractivity contribution in [2.45, 2.75) is 57.7 Å². The number of nitrogens with one attached hydrogen (secondary N) is 3. The highest BCUT2D eigenvalue weighted by atomic mass is 35.5. The van der Waals surface area contributed by atoms with Crippen LogP contribution in [0.25, 0.3) is 0 Å². The zero-order valence-electron chi connectivity index (χ0n) is 24.6. The molecule has 0 bridgehead atoms. The molecule has 0 radical (unpaired) electrons. The Morgan fingerprint density at radius 3 is 2.13 bits per heavy atom. The van der Waals surface area contributed by atoms with Crippen molar-refractivity contribution in [3.05, 3.63) is 52.2 Å². The smallest absolute Gasteiger partial charge is 0.490 e. The fraction of sp³-hybridized carbons (Fsp3) is 0.444. The first kappa shape index (κ1) is 39.7. The van der Waals surface area contributed by atoms with Crippen molar-refractivity contribution in [2.24, 2.45) is 5.92 Å². The second kappa shape index (κ2) is 17.4. The maximum absolute atomic E-state index is 12.6. The maximum Gasteiger partial charge on any atom is 0.490 e. The summed E-state index contributed by atoms with van der Waals surface area (Å²) in [6.45, 7) is 4.57. The molecule has 1 aromatic heterocycles. The lowest BCUT2D eigenvalue weighted by Gasteiger charge is -2.17. The summed E-state index contributed by atoms with van der Waals surface area (Å²) in [5.41, 5.74) is 8.40. The molecule has 19 heteroatoms. The predicted molar refractivity (Wildman–Crippen MR) is 152 cm³/mol. The molecule has 256 valence electrons. The second-order valence-corrected chi connectivity index (χ2v) is 10.2. The van der Waals surface area contributed by atoms with Gasteiger partial charge >= 0.3 is 24.3 Å². The number of carbonyl (C=O) groups excluding carboxylic acids is 2. The zero-order valence-corrected chi connectivity index (χ0v) is 25.3. The summed E-state index contributed by atoms with van der Waals surface area (Å²) < 4.78 is 68.7. The molecule has 0 saturated carbocycles. The molecule has 0 unspecified atom stereocenters. The Labute approximate surface area is 263 Å². The molecule has 0 spiro atoms. The summed E-state index contributed by atoms with van der Waals surface area (Å²) in [6, 6.07) is 8.30.